The average Bonchev–Trinajstić information content (AvgIpc) is 2.45. The standard InChI is InChI=1S/C15H16FNO2/c1-2-14(18)13-5-3-4-6-15(13)19-10-11-7-12(16)9-17-8-11/h3-9,14,18H,2,10H2,1H3. The lowest BCUT2D eigenvalue weighted by Crippen LogP contribution is -2.02. The fourth-order valence-electron chi connectivity index (χ4n) is 1.80. The van der Waals surface area contributed by atoms with Gasteiger partial charge in [-0.2, -0.15) is 0 Å². The molecule has 0 amide bonds. The van der Waals surface area contributed by atoms with Gasteiger partial charge >= 0.3 is 0 Å². The van der Waals surface area contributed by atoms with Gasteiger partial charge in [-0.25, -0.2) is 4.39 Å². The number of benzene rings is 1. The van der Waals surface area contributed by atoms with Crippen LogP contribution in [0, 0.1) is 5.82 Å². The fourth-order valence-corrected chi connectivity index (χ4v) is 1.80. The van der Waals surface area contributed by atoms with E-state index in [4.69, 9.17) is 4.74 Å². The Kier molecular flexibility index (Phi) is 4.47. The summed E-state index contributed by atoms with van der Waals surface area (Å²) in [6, 6.07) is 8.69. The van der Waals surface area contributed by atoms with E-state index in [1.807, 2.05) is 25.1 Å². The van der Waals surface area contributed by atoms with E-state index < -0.39 is 6.10 Å². The summed E-state index contributed by atoms with van der Waals surface area (Å²) in [5.41, 5.74) is 1.40. The van der Waals surface area contributed by atoms with E-state index in [-0.39, 0.29) is 12.4 Å². The Hall–Kier alpha value is -1.94. The van der Waals surface area contributed by atoms with Crippen molar-refractivity contribution in [1.29, 1.82) is 0 Å². The van der Waals surface area contributed by atoms with Crippen molar-refractivity contribution in [2.45, 2.75) is 26.1 Å². The molecule has 1 heterocycles. The zero-order chi connectivity index (χ0) is 13.7. The molecule has 0 bridgehead atoms. The molecule has 19 heavy (non-hydrogen) atoms. The largest absolute Gasteiger partial charge is 0.488 e. The van der Waals surface area contributed by atoms with Gasteiger partial charge in [-0.05, 0) is 18.6 Å². The van der Waals surface area contributed by atoms with Gasteiger partial charge in [-0.1, -0.05) is 25.1 Å². The van der Waals surface area contributed by atoms with E-state index in [0.717, 1.165) is 11.8 Å². The minimum atomic E-state index is -0.554. The molecule has 0 spiro atoms. The van der Waals surface area contributed by atoms with Gasteiger partial charge in [0.05, 0.1) is 12.3 Å². The maximum atomic E-state index is 13.0. The Bertz CT molecular complexity index is 545. The zero-order valence-corrected chi connectivity index (χ0v) is 10.7. The van der Waals surface area contributed by atoms with E-state index in [2.05, 4.69) is 4.98 Å². The van der Waals surface area contributed by atoms with Crippen molar-refractivity contribution in [1.82, 2.24) is 4.98 Å². The number of pyridine rings is 1. The summed E-state index contributed by atoms with van der Waals surface area (Å²) in [4.78, 5) is 3.77. The number of aliphatic hydroxyl groups is 1. The van der Waals surface area contributed by atoms with Gasteiger partial charge in [-0.15, -0.1) is 0 Å². The molecule has 0 saturated heterocycles. The van der Waals surface area contributed by atoms with Gasteiger partial charge in [0.1, 0.15) is 18.2 Å². The predicted octanol–water partition coefficient (Wildman–Crippen LogP) is 3.24. The Balaban J connectivity index is 2.11. The molecule has 0 saturated carbocycles. The second-order valence-electron chi connectivity index (χ2n) is 4.26. The van der Waals surface area contributed by atoms with E-state index in [1.54, 1.807) is 12.3 Å². The summed E-state index contributed by atoms with van der Waals surface area (Å²) in [5.74, 6) is 0.226. The minimum Gasteiger partial charge on any atom is -0.488 e. The van der Waals surface area contributed by atoms with Crippen LogP contribution in [0.2, 0.25) is 0 Å². The molecule has 1 aromatic heterocycles. The summed E-state index contributed by atoms with van der Waals surface area (Å²) in [6.45, 7) is 2.12. The van der Waals surface area contributed by atoms with Crippen molar-refractivity contribution in [2.75, 3.05) is 0 Å². The third-order valence-electron chi connectivity index (χ3n) is 2.82. The van der Waals surface area contributed by atoms with Crippen LogP contribution in [-0.4, -0.2) is 10.1 Å². The maximum Gasteiger partial charge on any atom is 0.141 e. The maximum absolute atomic E-state index is 13.0. The number of para-hydroxylation sites is 1. The quantitative estimate of drug-likeness (QED) is 0.898. The van der Waals surface area contributed by atoms with Crippen molar-refractivity contribution in [2.24, 2.45) is 0 Å². The van der Waals surface area contributed by atoms with Crippen LogP contribution in [0.15, 0.2) is 42.7 Å². The molecule has 2 rings (SSSR count). The highest BCUT2D eigenvalue weighted by Crippen LogP contribution is 2.27. The predicted molar refractivity (Wildman–Crippen MR) is 70.2 cm³/mol. The normalized spacial score (nSPS) is 12.2. The van der Waals surface area contributed by atoms with Gasteiger partial charge in [0, 0.05) is 17.3 Å². The molecular weight excluding hydrogens is 245 g/mol. The smallest absolute Gasteiger partial charge is 0.141 e. The molecule has 1 N–H and O–H groups in total. The van der Waals surface area contributed by atoms with Crippen molar-refractivity contribution in [3.63, 3.8) is 0 Å². The van der Waals surface area contributed by atoms with Gasteiger partial charge in [0.25, 0.3) is 0 Å². The SMILES string of the molecule is CCC(O)c1ccccc1OCc1cncc(F)c1. The number of ether oxygens (including phenoxy) is 1. The summed E-state index contributed by atoms with van der Waals surface area (Å²) in [6.07, 6.45) is 2.77. The van der Waals surface area contributed by atoms with Crippen molar-refractivity contribution in [3.05, 3.63) is 59.7 Å². The molecule has 2 aromatic rings. The highest BCUT2D eigenvalue weighted by atomic mass is 19.1. The Morgan fingerprint density at radius 1 is 1.32 bits per heavy atom. The molecule has 1 unspecified atom stereocenters. The van der Waals surface area contributed by atoms with Crippen LogP contribution in [0.1, 0.15) is 30.6 Å². The molecule has 4 heteroatoms. The first-order valence-electron chi connectivity index (χ1n) is 6.20. The van der Waals surface area contributed by atoms with E-state index in [0.29, 0.717) is 17.7 Å². The number of aromatic nitrogens is 1. The number of rotatable bonds is 5. The van der Waals surface area contributed by atoms with Crippen LogP contribution < -0.4 is 4.74 Å². The van der Waals surface area contributed by atoms with Gasteiger partial charge < -0.3 is 9.84 Å². The first kappa shape index (κ1) is 13.5. The zero-order valence-electron chi connectivity index (χ0n) is 10.7. The molecule has 100 valence electrons. The van der Waals surface area contributed by atoms with E-state index in [1.165, 1.54) is 6.07 Å². The number of hydrogen-bond acceptors (Lipinski definition) is 3. The van der Waals surface area contributed by atoms with Crippen LogP contribution in [-0.2, 0) is 6.61 Å². The molecular formula is C15H16FNO2. The Labute approximate surface area is 111 Å². The number of halogens is 1. The molecule has 0 aliphatic carbocycles. The highest BCUT2D eigenvalue weighted by Gasteiger charge is 2.11. The van der Waals surface area contributed by atoms with E-state index in [9.17, 15) is 9.50 Å². The second-order valence-corrected chi connectivity index (χ2v) is 4.26. The second kappa shape index (κ2) is 6.29. The van der Waals surface area contributed by atoms with Gasteiger partial charge in [0.15, 0.2) is 0 Å². The third-order valence-corrected chi connectivity index (χ3v) is 2.82. The van der Waals surface area contributed by atoms with Gasteiger partial charge in [-0.3, -0.25) is 4.98 Å². The number of nitrogens with zero attached hydrogens (tertiary/aromatic N) is 1. The Morgan fingerprint density at radius 2 is 2.11 bits per heavy atom. The average molecular weight is 261 g/mol. The van der Waals surface area contributed by atoms with Gasteiger partial charge in [0.2, 0.25) is 0 Å². The molecule has 1 aromatic carbocycles. The number of hydrogen-bond donors (Lipinski definition) is 1. The molecule has 1 atom stereocenters. The lowest BCUT2D eigenvalue weighted by atomic mass is 10.1. The topological polar surface area (TPSA) is 42.4 Å². The summed E-state index contributed by atoms with van der Waals surface area (Å²) < 4.78 is 18.6. The van der Waals surface area contributed by atoms with Crippen LogP contribution >= 0.6 is 0 Å². The first-order valence-corrected chi connectivity index (χ1v) is 6.20. The third kappa shape index (κ3) is 3.51. The highest BCUT2D eigenvalue weighted by molar-refractivity contribution is 5.35. The molecule has 3 nitrogen and oxygen atoms in total. The first-order chi connectivity index (χ1) is 9.20. The summed E-state index contributed by atoms with van der Waals surface area (Å²) in [7, 11) is 0. The molecule has 0 aliphatic rings. The molecule has 0 aliphatic heterocycles. The van der Waals surface area contributed by atoms with Crippen LogP contribution in [0.4, 0.5) is 4.39 Å². The van der Waals surface area contributed by atoms with Crippen molar-refractivity contribution < 1.29 is 14.2 Å². The lowest BCUT2D eigenvalue weighted by molar-refractivity contribution is 0.166. The van der Waals surface area contributed by atoms with Crippen molar-refractivity contribution in [3.8, 4) is 5.75 Å². The van der Waals surface area contributed by atoms with Crippen LogP contribution in [0.25, 0.3) is 0 Å². The van der Waals surface area contributed by atoms with Crippen LogP contribution in [0.3, 0.4) is 0 Å². The minimum absolute atomic E-state index is 0.220. The Morgan fingerprint density at radius 3 is 2.84 bits per heavy atom. The molecule has 0 radical (unpaired) electrons. The molecule has 0 fully saturated rings. The van der Waals surface area contributed by atoms with Crippen molar-refractivity contribution >= 4 is 0 Å². The number of aliphatic hydroxyl groups excluding tert-OH is 1. The summed E-state index contributed by atoms with van der Waals surface area (Å²) >= 11 is 0. The summed E-state index contributed by atoms with van der Waals surface area (Å²) in [5, 5.41) is 9.90. The van der Waals surface area contributed by atoms with Crippen LogP contribution in [0.5, 0.6) is 5.75 Å². The lowest BCUT2D eigenvalue weighted by Gasteiger charge is -2.14. The fraction of sp³-hybridized carbons (Fsp3) is 0.267. The monoisotopic (exact) mass is 261 g/mol. The van der Waals surface area contributed by atoms with E-state index >= 15 is 0 Å².